The number of benzene rings is 15. The first-order valence-corrected chi connectivity index (χ1v) is 47.8. The van der Waals surface area contributed by atoms with Crippen LogP contribution in [0.5, 0.6) is 0 Å². The second-order valence-corrected chi connectivity index (χ2v) is 37.9. The van der Waals surface area contributed by atoms with Gasteiger partial charge in [-0.05, 0) is 196 Å². The Kier molecular flexibility index (Phi) is 30.6. The van der Waals surface area contributed by atoms with Crippen molar-refractivity contribution in [2.24, 2.45) is 28.2 Å². The molecule has 0 unspecified atom stereocenters. The summed E-state index contributed by atoms with van der Waals surface area (Å²) in [6.07, 6.45) is 17.4. The smallest absolute Gasteiger partial charge is 0.510 e. The summed E-state index contributed by atoms with van der Waals surface area (Å²) in [5, 5.41) is 15.1. The van der Waals surface area contributed by atoms with Crippen molar-refractivity contribution in [2.45, 2.75) is 119 Å². The maximum atomic E-state index is 5.38. The summed E-state index contributed by atoms with van der Waals surface area (Å²) < 4.78 is 9.23. The van der Waals surface area contributed by atoms with Crippen molar-refractivity contribution in [1.82, 2.24) is 62.9 Å². The quantitative estimate of drug-likeness (QED) is 0.0659. The number of aryl methyl sites for hydroxylation is 4. The summed E-state index contributed by atoms with van der Waals surface area (Å²) >= 11 is 0. The molecule has 0 radical (unpaired) electrons. The summed E-state index contributed by atoms with van der Waals surface area (Å²) in [6, 6.07) is 104. The molecule has 0 saturated heterocycles. The van der Waals surface area contributed by atoms with Crippen LogP contribution in [-0.4, -0.2) is 84.0 Å². The molecule has 16 nitrogen and oxygen atoms in total. The summed E-state index contributed by atoms with van der Waals surface area (Å²) in [7, 11) is 14.7. The van der Waals surface area contributed by atoms with Crippen molar-refractivity contribution >= 4 is 148 Å². The average Bonchev–Trinajstić information content (AvgIpc) is 1.55. The van der Waals surface area contributed by atoms with Gasteiger partial charge >= 0.3 is 60.3 Å². The average molecular weight is 2380 g/mol. The van der Waals surface area contributed by atoms with E-state index in [2.05, 4.69) is 320 Å². The van der Waals surface area contributed by atoms with Crippen molar-refractivity contribution in [3.05, 3.63) is 388 Å². The second kappa shape index (κ2) is 42.9. The van der Waals surface area contributed by atoms with Crippen LogP contribution in [0.15, 0.2) is 298 Å². The van der Waals surface area contributed by atoms with Gasteiger partial charge in [-0.15, -0.1) is 106 Å². The number of anilines is 3. The fourth-order valence-corrected chi connectivity index (χ4v) is 19.9. The van der Waals surface area contributed by atoms with Gasteiger partial charge in [0.15, 0.2) is 0 Å². The second-order valence-electron chi connectivity index (χ2n) is 37.9. The van der Waals surface area contributed by atoms with E-state index >= 15 is 0 Å². The summed E-state index contributed by atoms with van der Waals surface area (Å²) in [6.45, 7) is 33.2. The molecular formula is C122H115Ir3N16. The van der Waals surface area contributed by atoms with Crippen molar-refractivity contribution in [2.75, 3.05) is 35.8 Å². The van der Waals surface area contributed by atoms with Gasteiger partial charge in [0.25, 0.3) is 0 Å². The van der Waals surface area contributed by atoms with Crippen LogP contribution in [0.25, 0.3) is 165 Å². The summed E-state index contributed by atoms with van der Waals surface area (Å²) in [4.78, 5) is 41.9. The standard InChI is InChI=1S/C31H30N3.C31H28N3.C30H27N4.3C10H10N2.3Ir/c1-18(2)20-15-11-16-21(19(3)4)27(20)31-32-28-23-13-8-7-12-22(23)26-24-14-9-10-17-25(24)33(5)29(26)30(28)34(31)6;1-18(2)21-13-8-14-22(19(3)4)28(21)31-33-29-24-12-7-6-11-23(24)25-17-27-20(10-9-15-32-27)16-26(25)30(29)34(31)5;1-17(2)19-11-8-12-20(18(3)4)27(19)30-33-28-22-10-7-6-9-21(22)23-15-25-26(32-14-13-31-25)16-24(23)29(28)34(30)5;3*1-11-7-8-12(9-11)10-5-3-2-4-6-10;;;/h7-12,14-19H,1-6H3;6-11,13-19H,1-5H3;6-9,11-18H,1-5H3;3*2-5,7-9H,1H3;;;/q3*-1;3*-2;3*+3. The third-order valence-electron chi connectivity index (χ3n) is 26.6. The molecule has 9 heterocycles. The fourth-order valence-electron chi connectivity index (χ4n) is 19.9. The number of nitrogens with zero attached hydrogens (tertiary/aromatic N) is 16. The van der Waals surface area contributed by atoms with Crippen molar-refractivity contribution in [3.8, 4) is 34.2 Å². The first-order valence-electron chi connectivity index (χ1n) is 47.8. The number of pyridine rings is 1. The van der Waals surface area contributed by atoms with E-state index in [0.29, 0.717) is 35.5 Å². The maximum Gasteiger partial charge on any atom is 3.00 e. The molecule has 710 valence electrons. The van der Waals surface area contributed by atoms with Crippen LogP contribution < -0.4 is 14.7 Å². The van der Waals surface area contributed by atoms with Crippen LogP contribution in [0.3, 0.4) is 0 Å². The predicted octanol–water partition coefficient (Wildman–Crippen LogP) is 29.2. The zero-order valence-corrected chi connectivity index (χ0v) is 90.3. The molecule has 0 saturated carbocycles. The minimum atomic E-state index is 0. The monoisotopic (exact) mass is 2380 g/mol. The Balaban J connectivity index is 0.000000128. The minimum Gasteiger partial charge on any atom is -0.510 e. The SMILES string of the molecule is CC(C)c1cccc(C(C)C)c1-c1nc2c3[c-]cccc3c3c4ccccc4n(C)c3c2n1C.CC(C)c1cccc(C(C)C)c1-c1nc2c3[c-]cccc3c3cc4ncccc4cc3c2n1C.CC(C)c1cccc(C(C)C)c1-c1nc2c3[c-]cccc3c3cc4nccnc4cc3c2n1C.CN1C=CN(c2[c-]cccc2)[CH-]1.CN1C=CN(c2[c-]cccc2)[CH-]1.CN1C=CN(c2[c-]cccc2)[CH-]1.[Ir+3].[Ir+3].[Ir+3]. The fraction of sp³-hybridized carbons (Fsp3) is 0.205. The number of hydrogen-bond donors (Lipinski definition) is 0. The van der Waals surface area contributed by atoms with Gasteiger partial charge in [0.2, 0.25) is 0 Å². The first-order chi connectivity index (χ1) is 66.9. The minimum absolute atomic E-state index is 0. The summed E-state index contributed by atoms with van der Waals surface area (Å²) in [5.41, 5.74) is 26.8. The zero-order chi connectivity index (χ0) is 96.0. The van der Waals surface area contributed by atoms with Crippen LogP contribution in [0.1, 0.15) is 152 Å². The van der Waals surface area contributed by atoms with Gasteiger partial charge in [0.1, 0.15) is 17.5 Å². The van der Waals surface area contributed by atoms with Gasteiger partial charge in [-0.1, -0.05) is 178 Å². The molecule has 21 aromatic rings. The number of rotatable bonds is 12. The third-order valence-corrected chi connectivity index (χ3v) is 26.6. The molecule has 141 heavy (non-hydrogen) atoms. The van der Waals surface area contributed by atoms with Gasteiger partial charge in [0.05, 0.1) is 22.1 Å². The summed E-state index contributed by atoms with van der Waals surface area (Å²) in [5.74, 6) is 5.50. The largest absolute Gasteiger partial charge is 3.00 e. The van der Waals surface area contributed by atoms with Gasteiger partial charge in [-0.3, -0.25) is 29.9 Å². The molecule has 24 rings (SSSR count). The first kappa shape index (κ1) is 101. The topological polar surface area (TPSA) is 116 Å². The molecule has 6 aromatic heterocycles. The molecule has 0 bridgehead atoms. The van der Waals surface area contributed by atoms with E-state index in [1.54, 1.807) is 12.4 Å². The maximum absolute atomic E-state index is 5.38. The predicted molar refractivity (Wildman–Crippen MR) is 576 cm³/mol. The number of imidazole rings is 3. The van der Waals surface area contributed by atoms with E-state index in [1.807, 2.05) is 217 Å². The van der Waals surface area contributed by atoms with Crippen molar-refractivity contribution in [1.29, 1.82) is 0 Å². The van der Waals surface area contributed by atoms with Crippen molar-refractivity contribution in [3.63, 3.8) is 0 Å². The molecule has 0 fully saturated rings. The molecule has 0 atom stereocenters. The molecule has 19 heteroatoms. The third kappa shape index (κ3) is 19.5. The van der Waals surface area contributed by atoms with E-state index in [0.717, 1.165) is 116 Å². The van der Waals surface area contributed by atoms with E-state index in [-0.39, 0.29) is 60.3 Å². The van der Waals surface area contributed by atoms with Crippen LogP contribution in [0.2, 0.25) is 0 Å². The molecule has 0 amide bonds. The van der Waals surface area contributed by atoms with Gasteiger partial charge < -0.3 is 47.7 Å². The Morgan fingerprint density at radius 2 is 0.589 bits per heavy atom. The molecule has 0 aliphatic carbocycles. The van der Waals surface area contributed by atoms with Crippen LogP contribution in [-0.2, 0) is 88.5 Å². The van der Waals surface area contributed by atoms with E-state index in [1.165, 1.54) is 98.9 Å². The van der Waals surface area contributed by atoms with Crippen LogP contribution in [0.4, 0.5) is 17.1 Å². The molecule has 3 aliphatic rings. The van der Waals surface area contributed by atoms with E-state index in [4.69, 9.17) is 15.0 Å². The Morgan fingerprint density at radius 1 is 0.262 bits per heavy atom. The van der Waals surface area contributed by atoms with E-state index in [9.17, 15) is 0 Å². The molecule has 15 aromatic carbocycles. The van der Waals surface area contributed by atoms with Gasteiger partial charge in [-0.25, -0.2) is 0 Å². The molecule has 3 aliphatic heterocycles. The Hall–Kier alpha value is -13.5. The Morgan fingerprint density at radius 3 is 0.965 bits per heavy atom. The molecular weight excluding hydrogens is 2270 g/mol. The van der Waals surface area contributed by atoms with Crippen LogP contribution in [0, 0.1) is 56.4 Å². The normalized spacial score (nSPS) is 12.9. The molecule has 0 spiro atoms. The number of aromatic nitrogens is 10. The Bertz CT molecular complexity index is 7750. The number of para-hydroxylation sites is 4. The molecule has 0 N–H and O–H groups in total. The van der Waals surface area contributed by atoms with Crippen LogP contribution >= 0.6 is 0 Å². The van der Waals surface area contributed by atoms with E-state index < -0.39 is 0 Å². The van der Waals surface area contributed by atoms with Gasteiger partial charge in [-0.2, -0.15) is 111 Å². The number of hydrogen-bond acceptors (Lipinski definition) is 12. The van der Waals surface area contributed by atoms with Crippen molar-refractivity contribution < 1.29 is 60.3 Å². The van der Waals surface area contributed by atoms with Gasteiger partial charge in [0, 0.05) is 107 Å². The zero-order valence-electron chi connectivity index (χ0n) is 83.1. The Labute approximate surface area is 868 Å². The number of fused-ring (bicyclic) bond motifs is 22.